The van der Waals surface area contributed by atoms with Gasteiger partial charge in [0.2, 0.25) is 0 Å². The van der Waals surface area contributed by atoms with Gasteiger partial charge >= 0.3 is 0 Å². The van der Waals surface area contributed by atoms with Gasteiger partial charge in [0.25, 0.3) is 11.5 Å². The molecule has 1 unspecified atom stereocenters. The molecule has 0 bridgehead atoms. The van der Waals surface area contributed by atoms with E-state index in [9.17, 15) is 9.59 Å². The maximum absolute atomic E-state index is 11.7. The molecule has 0 fully saturated rings. The lowest BCUT2D eigenvalue weighted by molar-refractivity contribution is 0.0932. The number of rotatable bonds is 3. The van der Waals surface area contributed by atoms with Crippen LogP contribution in [-0.4, -0.2) is 31.3 Å². The number of hydrogen-bond donors (Lipinski definition) is 3. The lowest BCUT2D eigenvalue weighted by atomic mass is 10.3. The fraction of sp³-hybridized carbons (Fsp3) is 0.222. The lowest BCUT2D eigenvalue weighted by Gasteiger charge is -2.09. The van der Waals surface area contributed by atoms with E-state index in [0.29, 0.717) is 5.82 Å². The Bertz CT molecular complexity index is 541. The molecule has 0 spiro atoms. The first-order valence-corrected chi connectivity index (χ1v) is 4.88. The minimum absolute atomic E-state index is 0.135. The van der Waals surface area contributed by atoms with Gasteiger partial charge in [0.15, 0.2) is 0 Å². The van der Waals surface area contributed by atoms with Gasteiger partial charge in [-0.15, -0.1) is 0 Å². The van der Waals surface area contributed by atoms with Crippen molar-refractivity contribution in [2.24, 2.45) is 0 Å². The molecular formula is C9H10N6O2. The summed E-state index contributed by atoms with van der Waals surface area (Å²) in [6, 6.07) is 2.26. The van der Waals surface area contributed by atoms with E-state index in [-0.39, 0.29) is 17.3 Å². The summed E-state index contributed by atoms with van der Waals surface area (Å²) < 4.78 is 0. The minimum atomic E-state index is -0.398. The lowest BCUT2D eigenvalue weighted by Crippen LogP contribution is -2.29. The summed E-state index contributed by atoms with van der Waals surface area (Å²) in [6.45, 7) is 1.75. The fourth-order valence-electron chi connectivity index (χ4n) is 1.23. The summed E-state index contributed by atoms with van der Waals surface area (Å²) in [4.78, 5) is 26.4. The highest BCUT2D eigenvalue weighted by Gasteiger charge is 2.14. The highest BCUT2D eigenvalue weighted by molar-refractivity contribution is 5.92. The normalized spacial score (nSPS) is 12.1. The molecule has 2 heterocycles. The van der Waals surface area contributed by atoms with E-state index < -0.39 is 5.91 Å². The minimum Gasteiger partial charge on any atom is -0.341 e. The average molecular weight is 234 g/mol. The van der Waals surface area contributed by atoms with Crippen LogP contribution in [0.2, 0.25) is 0 Å². The summed E-state index contributed by atoms with van der Waals surface area (Å²) in [5.41, 5.74) is -0.221. The van der Waals surface area contributed by atoms with Crippen molar-refractivity contribution in [2.75, 3.05) is 0 Å². The molecular weight excluding hydrogens is 224 g/mol. The molecule has 0 saturated heterocycles. The summed E-state index contributed by atoms with van der Waals surface area (Å²) in [6.07, 6.45) is 1.36. The van der Waals surface area contributed by atoms with Crippen LogP contribution in [0.25, 0.3) is 0 Å². The van der Waals surface area contributed by atoms with Crippen molar-refractivity contribution in [3.8, 4) is 0 Å². The first-order chi connectivity index (χ1) is 8.16. The molecule has 0 saturated carbocycles. The Morgan fingerprint density at radius 3 is 2.82 bits per heavy atom. The van der Waals surface area contributed by atoms with Gasteiger partial charge in [-0.05, 0) is 13.0 Å². The predicted octanol–water partition coefficient (Wildman–Crippen LogP) is -0.621. The zero-order valence-electron chi connectivity index (χ0n) is 8.97. The molecule has 0 radical (unpaired) electrons. The molecule has 1 amide bonds. The number of aromatic amines is 2. The standard InChI is InChI=1S/C9H10N6O2/c1-5(8-10-4-11-15-8)12-9(17)6-2-3-7(16)14-13-6/h2-5H,1H3,(H,12,17)(H,14,16)(H,10,11,15). The summed E-state index contributed by atoms with van der Waals surface area (Å²) in [5.74, 6) is 0.146. The van der Waals surface area contributed by atoms with E-state index in [0.717, 1.165) is 0 Å². The van der Waals surface area contributed by atoms with Crippen molar-refractivity contribution in [2.45, 2.75) is 13.0 Å². The number of H-pyrrole nitrogens is 2. The zero-order valence-corrected chi connectivity index (χ0v) is 8.97. The molecule has 0 aliphatic rings. The van der Waals surface area contributed by atoms with Gasteiger partial charge in [-0.3, -0.25) is 14.7 Å². The van der Waals surface area contributed by atoms with Crippen molar-refractivity contribution in [3.63, 3.8) is 0 Å². The van der Waals surface area contributed by atoms with Crippen LogP contribution in [0.1, 0.15) is 29.3 Å². The number of nitrogens with one attached hydrogen (secondary N) is 3. The Hall–Kier alpha value is -2.51. The Balaban J connectivity index is 2.07. The van der Waals surface area contributed by atoms with Crippen molar-refractivity contribution < 1.29 is 4.79 Å². The number of aromatic nitrogens is 5. The number of carbonyl (C=O) groups excluding carboxylic acids is 1. The van der Waals surface area contributed by atoms with Crippen molar-refractivity contribution in [3.05, 3.63) is 40.3 Å². The van der Waals surface area contributed by atoms with E-state index >= 15 is 0 Å². The second-order valence-electron chi connectivity index (χ2n) is 3.37. The molecule has 2 aromatic rings. The Morgan fingerprint density at radius 2 is 2.24 bits per heavy atom. The zero-order chi connectivity index (χ0) is 12.3. The molecule has 2 rings (SSSR count). The quantitative estimate of drug-likeness (QED) is 0.654. The number of carbonyl (C=O) groups is 1. The third-order valence-electron chi connectivity index (χ3n) is 2.10. The third kappa shape index (κ3) is 2.54. The second kappa shape index (κ2) is 4.56. The first-order valence-electron chi connectivity index (χ1n) is 4.88. The fourth-order valence-corrected chi connectivity index (χ4v) is 1.23. The van der Waals surface area contributed by atoms with Crippen LogP contribution in [0.15, 0.2) is 23.3 Å². The summed E-state index contributed by atoms with van der Waals surface area (Å²) in [7, 11) is 0. The van der Waals surface area contributed by atoms with Gasteiger partial charge in [-0.2, -0.15) is 10.2 Å². The third-order valence-corrected chi connectivity index (χ3v) is 2.10. The molecule has 17 heavy (non-hydrogen) atoms. The van der Waals surface area contributed by atoms with Gasteiger partial charge in [0, 0.05) is 6.07 Å². The van der Waals surface area contributed by atoms with E-state index in [1.165, 1.54) is 18.5 Å². The van der Waals surface area contributed by atoms with Crippen LogP contribution in [0.4, 0.5) is 0 Å². The smallest absolute Gasteiger partial charge is 0.272 e. The first kappa shape index (κ1) is 11.0. The molecule has 88 valence electrons. The maximum Gasteiger partial charge on any atom is 0.272 e. The van der Waals surface area contributed by atoms with Crippen molar-refractivity contribution >= 4 is 5.91 Å². The summed E-state index contributed by atoms with van der Waals surface area (Å²) >= 11 is 0. The van der Waals surface area contributed by atoms with Gasteiger partial charge in [-0.25, -0.2) is 10.1 Å². The second-order valence-corrected chi connectivity index (χ2v) is 3.37. The van der Waals surface area contributed by atoms with Gasteiger partial charge in [0.05, 0.1) is 6.04 Å². The van der Waals surface area contributed by atoms with Crippen LogP contribution in [-0.2, 0) is 0 Å². The van der Waals surface area contributed by atoms with E-state index in [2.05, 4.69) is 30.7 Å². The van der Waals surface area contributed by atoms with E-state index in [1.807, 2.05) is 0 Å². The summed E-state index contributed by atoms with van der Waals surface area (Å²) in [5, 5.41) is 14.8. The molecule has 8 heteroatoms. The average Bonchev–Trinajstić information content (AvgIpc) is 2.83. The maximum atomic E-state index is 11.7. The van der Waals surface area contributed by atoms with Crippen molar-refractivity contribution in [1.82, 2.24) is 30.7 Å². The molecule has 2 aromatic heterocycles. The van der Waals surface area contributed by atoms with Crippen LogP contribution in [0.5, 0.6) is 0 Å². The van der Waals surface area contributed by atoms with E-state index in [1.54, 1.807) is 6.92 Å². The highest BCUT2D eigenvalue weighted by Crippen LogP contribution is 2.04. The number of hydrogen-bond acceptors (Lipinski definition) is 5. The Labute approximate surface area is 95.5 Å². The monoisotopic (exact) mass is 234 g/mol. The van der Waals surface area contributed by atoms with Crippen LogP contribution in [0.3, 0.4) is 0 Å². The Morgan fingerprint density at radius 1 is 1.41 bits per heavy atom. The predicted molar refractivity (Wildman–Crippen MR) is 57.1 cm³/mol. The highest BCUT2D eigenvalue weighted by atomic mass is 16.2. The molecule has 0 aliphatic heterocycles. The van der Waals surface area contributed by atoms with Gasteiger partial charge in [0.1, 0.15) is 17.8 Å². The molecule has 1 atom stereocenters. The number of amides is 1. The topological polar surface area (TPSA) is 116 Å². The van der Waals surface area contributed by atoms with Gasteiger partial charge < -0.3 is 5.32 Å². The Kier molecular flexibility index (Phi) is 2.95. The van der Waals surface area contributed by atoms with Crippen LogP contribution in [0, 0.1) is 0 Å². The molecule has 0 aromatic carbocycles. The number of nitrogens with zero attached hydrogens (tertiary/aromatic N) is 3. The largest absolute Gasteiger partial charge is 0.341 e. The van der Waals surface area contributed by atoms with Gasteiger partial charge in [-0.1, -0.05) is 0 Å². The van der Waals surface area contributed by atoms with Crippen molar-refractivity contribution in [1.29, 1.82) is 0 Å². The molecule has 8 nitrogen and oxygen atoms in total. The molecule has 3 N–H and O–H groups in total. The van der Waals surface area contributed by atoms with Crippen LogP contribution < -0.4 is 10.9 Å². The SMILES string of the molecule is CC(NC(=O)c1ccc(=O)[nH]n1)c1ncn[nH]1. The van der Waals surface area contributed by atoms with E-state index in [4.69, 9.17) is 0 Å². The molecule has 0 aliphatic carbocycles. The van der Waals surface area contributed by atoms with Crippen LogP contribution >= 0.6 is 0 Å².